The highest BCUT2D eigenvalue weighted by Crippen LogP contribution is 2.16. The van der Waals surface area contributed by atoms with E-state index in [1.165, 1.54) is 41.3 Å². The average Bonchev–Trinajstić information content (AvgIpc) is 3.00. The van der Waals surface area contributed by atoms with E-state index in [1.807, 2.05) is 0 Å². The average molecular weight is 374 g/mol. The Balaban J connectivity index is 1.66. The number of benzene rings is 1. The summed E-state index contributed by atoms with van der Waals surface area (Å²) >= 11 is 0. The molecule has 2 aromatic heterocycles. The molecule has 26 heavy (non-hydrogen) atoms. The second kappa shape index (κ2) is 7.23. The zero-order valence-electron chi connectivity index (χ0n) is 13.6. The molecule has 0 aliphatic heterocycles. The standard InChI is InChI=1S/C14H14N8O3S/c1-22-12(18-20-21-22)9-13(23)17-10-3-5-11(6-4-10)26(24,25)19-14-15-7-2-8-16-14/h2-8H,9H2,1H3,(H,17,23)(H,15,16,19). The van der Waals surface area contributed by atoms with Crippen molar-refractivity contribution in [2.24, 2.45) is 7.05 Å². The smallest absolute Gasteiger partial charge is 0.264 e. The van der Waals surface area contributed by atoms with E-state index in [9.17, 15) is 13.2 Å². The highest BCUT2D eigenvalue weighted by Gasteiger charge is 2.16. The number of amides is 1. The van der Waals surface area contributed by atoms with Crippen LogP contribution in [0.15, 0.2) is 47.6 Å². The summed E-state index contributed by atoms with van der Waals surface area (Å²) in [7, 11) is -2.19. The van der Waals surface area contributed by atoms with E-state index in [1.54, 1.807) is 13.1 Å². The van der Waals surface area contributed by atoms with Crippen LogP contribution in [0.3, 0.4) is 0 Å². The zero-order chi connectivity index (χ0) is 18.6. The number of rotatable bonds is 6. The van der Waals surface area contributed by atoms with Crippen LogP contribution in [0.25, 0.3) is 0 Å². The van der Waals surface area contributed by atoms with Crippen LogP contribution in [0.1, 0.15) is 5.82 Å². The van der Waals surface area contributed by atoms with Gasteiger partial charge in [-0.05, 0) is 40.8 Å². The summed E-state index contributed by atoms with van der Waals surface area (Å²) in [6.45, 7) is 0. The van der Waals surface area contributed by atoms with Gasteiger partial charge in [-0.3, -0.25) is 4.79 Å². The lowest BCUT2D eigenvalue weighted by Crippen LogP contribution is -2.17. The molecule has 3 rings (SSSR count). The lowest BCUT2D eigenvalue weighted by molar-refractivity contribution is -0.115. The molecule has 0 saturated heterocycles. The minimum atomic E-state index is -3.82. The lowest BCUT2D eigenvalue weighted by atomic mass is 10.3. The third-order valence-corrected chi connectivity index (χ3v) is 4.61. The molecule has 2 heterocycles. The molecule has 134 valence electrons. The van der Waals surface area contributed by atoms with E-state index in [0.29, 0.717) is 11.5 Å². The first kappa shape index (κ1) is 17.4. The Kier molecular flexibility index (Phi) is 4.84. The van der Waals surface area contributed by atoms with Gasteiger partial charge in [-0.1, -0.05) is 0 Å². The van der Waals surface area contributed by atoms with Gasteiger partial charge in [0.1, 0.15) is 0 Å². The van der Waals surface area contributed by atoms with Gasteiger partial charge in [-0.25, -0.2) is 27.8 Å². The number of hydrogen-bond acceptors (Lipinski definition) is 8. The Morgan fingerprint density at radius 3 is 2.46 bits per heavy atom. The molecule has 0 fully saturated rings. The van der Waals surface area contributed by atoms with Gasteiger partial charge in [-0.15, -0.1) is 5.10 Å². The van der Waals surface area contributed by atoms with Crippen LogP contribution in [0.4, 0.5) is 11.6 Å². The molecule has 0 saturated carbocycles. The number of nitrogens with one attached hydrogen (secondary N) is 2. The molecule has 0 radical (unpaired) electrons. The van der Waals surface area contributed by atoms with Gasteiger partial charge in [0, 0.05) is 25.1 Å². The van der Waals surface area contributed by atoms with Crippen LogP contribution in [-0.4, -0.2) is 44.5 Å². The van der Waals surface area contributed by atoms with E-state index in [2.05, 4.69) is 35.5 Å². The Morgan fingerprint density at radius 2 is 1.85 bits per heavy atom. The Bertz CT molecular complexity index is 1000. The van der Waals surface area contributed by atoms with Crippen LogP contribution in [0.2, 0.25) is 0 Å². The minimum Gasteiger partial charge on any atom is -0.326 e. The molecule has 0 spiro atoms. The van der Waals surface area contributed by atoms with Gasteiger partial charge in [0.15, 0.2) is 5.82 Å². The van der Waals surface area contributed by atoms with E-state index in [4.69, 9.17) is 0 Å². The third-order valence-electron chi connectivity index (χ3n) is 3.27. The lowest BCUT2D eigenvalue weighted by Gasteiger charge is -2.08. The summed E-state index contributed by atoms with van der Waals surface area (Å²) in [5.74, 6) is 0.0604. The number of carbonyl (C=O) groups is 1. The first-order valence-corrected chi connectivity index (χ1v) is 8.83. The molecular weight excluding hydrogens is 360 g/mol. The molecule has 0 atom stereocenters. The van der Waals surface area contributed by atoms with Crippen molar-refractivity contribution < 1.29 is 13.2 Å². The zero-order valence-corrected chi connectivity index (χ0v) is 14.4. The molecule has 0 aliphatic carbocycles. The molecule has 1 aromatic carbocycles. The molecule has 12 heteroatoms. The fourth-order valence-electron chi connectivity index (χ4n) is 1.99. The number of nitrogens with zero attached hydrogens (tertiary/aromatic N) is 6. The first-order valence-electron chi connectivity index (χ1n) is 7.35. The molecule has 3 aromatic rings. The van der Waals surface area contributed by atoms with Crippen LogP contribution in [-0.2, 0) is 28.3 Å². The van der Waals surface area contributed by atoms with Crippen LogP contribution >= 0.6 is 0 Å². The highest BCUT2D eigenvalue weighted by molar-refractivity contribution is 7.92. The Morgan fingerprint density at radius 1 is 1.15 bits per heavy atom. The number of hydrogen-bond donors (Lipinski definition) is 2. The van der Waals surface area contributed by atoms with Gasteiger partial charge >= 0.3 is 0 Å². The number of tetrazole rings is 1. The fraction of sp³-hybridized carbons (Fsp3) is 0.143. The van der Waals surface area contributed by atoms with Crippen LogP contribution in [0, 0.1) is 0 Å². The summed E-state index contributed by atoms with van der Waals surface area (Å²) in [6.07, 6.45) is 2.85. The molecule has 1 amide bonds. The summed E-state index contributed by atoms with van der Waals surface area (Å²) in [5, 5.41) is 13.5. The number of aryl methyl sites for hydroxylation is 1. The SMILES string of the molecule is Cn1nnnc1CC(=O)Nc1ccc(S(=O)(=O)Nc2ncccn2)cc1. The predicted molar refractivity (Wildman–Crippen MR) is 90.4 cm³/mol. The normalized spacial score (nSPS) is 11.1. The maximum Gasteiger partial charge on any atom is 0.264 e. The fourth-order valence-corrected chi connectivity index (χ4v) is 2.95. The van der Waals surface area contributed by atoms with Gasteiger partial charge in [0.2, 0.25) is 11.9 Å². The topological polar surface area (TPSA) is 145 Å². The minimum absolute atomic E-state index is 0.00352. The maximum atomic E-state index is 12.3. The van der Waals surface area contributed by atoms with Crippen molar-refractivity contribution >= 4 is 27.6 Å². The van der Waals surface area contributed by atoms with Gasteiger partial charge in [0.05, 0.1) is 11.3 Å². The predicted octanol–water partition coefficient (Wildman–Crippen LogP) is -0.0179. The van der Waals surface area contributed by atoms with Crippen molar-refractivity contribution in [3.05, 3.63) is 48.5 Å². The van der Waals surface area contributed by atoms with Gasteiger partial charge < -0.3 is 5.32 Å². The van der Waals surface area contributed by atoms with E-state index >= 15 is 0 Å². The highest BCUT2D eigenvalue weighted by atomic mass is 32.2. The van der Waals surface area contributed by atoms with Crippen molar-refractivity contribution in [2.75, 3.05) is 10.0 Å². The number of sulfonamides is 1. The first-order chi connectivity index (χ1) is 12.4. The summed E-state index contributed by atoms with van der Waals surface area (Å²) in [6, 6.07) is 7.27. The van der Waals surface area contributed by atoms with Crippen molar-refractivity contribution in [1.29, 1.82) is 0 Å². The molecule has 2 N–H and O–H groups in total. The van der Waals surface area contributed by atoms with Crippen molar-refractivity contribution in [1.82, 2.24) is 30.2 Å². The van der Waals surface area contributed by atoms with E-state index in [0.717, 1.165) is 0 Å². The van der Waals surface area contributed by atoms with Crippen molar-refractivity contribution in [2.45, 2.75) is 11.3 Å². The summed E-state index contributed by atoms with van der Waals surface area (Å²) < 4.78 is 28.2. The molecule has 0 bridgehead atoms. The largest absolute Gasteiger partial charge is 0.326 e. The van der Waals surface area contributed by atoms with Gasteiger partial charge in [-0.2, -0.15) is 0 Å². The number of carbonyl (C=O) groups excluding carboxylic acids is 1. The van der Waals surface area contributed by atoms with Crippen LogP contribution in [0.5, 0.6) is 0 Å². The van der Waals surface area contributed by atoms with Crippen LogP contribution < -0.4 is 10.0 Å². The number of anilines is 2. The second-order valence-corrected chi connectivity index (χ2v) is 6.83. The third kappa shape index (κ3) is 4.16. The van der Waals surface area contributed by atoms with Crippen molar-refractivity contribution in [3.63, 3.8) is 0 Å². The molecule has 0 unspecified atom stereocenters. The molecule has 0 aliphatic rings. The van der Waals surface area contributed by atoms with Gasteiger partial charge in [0.25, 0.3) is 10.0 Å². The summed E-state index contributed by atoms with van der Waals surface area (Å²) in [5.41, 5.74) is 0.444. The quantitative estimate of drug-likeness (QED) is 0.612. The monoisotopic (exact) mass is 374 g/mol. The maximum absolute atomic E-state index is 12.3. The molecule has 11 nitrogen and oxygen atoms in total. The molecular formula is C14H14N8O3S. The number of aromatic nitrogens is 6. The Labute approximate surface area is 148 Å². The Hall–Kier alpha value is -3.41. The summed E-state index contributed by atoms with van der Waals surface area (Å²) in [4.78, 5) is 19.6. The van der Waals surface area contributed by atoms with Crippen molar-refractivity contribution in [3.8, 4) is 0 Å². The second-order valence-electron chi connectivity index (χ2n) is 5.15. The van der Waals surface area contributed by atoms with E-state index in [-0.39, 0.29) is 23.2 Å². The van der Waals surface area contributed by atoms with E-state index < -0.39 is 10.0 Å².